The number of hydrogen-bond acceptors (Lipinski definition) is 8. The largest absolute Gasteiger partial charge is 0.478 e. The maximum Gasteiger partial charge on any atom is 0.324 e. The third-order valence-corrected chi connectivity index (χ3v) is 6.01. The van der Waals surface area contributed by atoms with Crippen molar-refractivity contribution in [1.29, 1.82) is 5.26 Å². The molecule has 2 fully saturated rings. The second-order valence-corrected chi connectivity index (χ2v) is 8.46. The molecule has 1 saturated carbocycles. The van der Waals surface area contributed by atoms with Gasteiger partial charge in [-0.15, -0.1) is 0 Å². The third kappa shape index (κ3) is 4.66. The molecule has 8 heteroatoms. The van der Waals surface area contributed by atoms with Crippen LogP contribution < -0.4 is 9.64 Å². The summed E-state index contributed by atoms with van der Waals surface area (Å²) < 4.78 is 11.2. The first-order valence-electron chi connectivity index (χ1n) is 10.5. The molecule has 0 bridgehead atoms. The zero-order chi connectivity index (χ0) is 20.4. The van der Waals surface area contributed by atoms with Crippen molar-refractivity contribution in [3.05, 3.63) is 23.4 Å². The Hall–Kier alpha value is -2.69. The molecule has 0 unspecified atom stereocenters. The standard InChI is InChI=1S/C21H28N6O2/c1-13(2)20-25-21(29-26-20)27-7-4-15(5-8-27)18-10-16(18)6-9-28-19-11-17(12-22)23-14(3)24-19/h11,13,15-16,18H,4-10H2,1-3H3/t16-,18-/m1/s1. The summed E-state index contributed by atoms with van der Waals surface area (Å²) in [6.45, 7) is 8.54. The SMILES string of the molecule is Cc1nc(C#N)cc(OCC[C@@H]2C[C@@H]2C2CCN(c3nc(C(C)C)no3)CC2)n1. The fraction of sp³-hybridized carbons (Fsp3) is 0.667. The van der Waals surface area contributed by atoms with Crippen LogP contribution in [0.3, 0.4) is 0 Å². The van der Waals surface area contributed by atoms with E-state index in [0.717, 1.165) is 43.1 Å². The van der Waals surface area contributed by atoms with Gasteiger partial charge in [0.1, 0.15) is 17.6 Å². The average Bonchev–Trinajstić information content (AvgIpc) is 3.30. The summed E-state index contributed by atoms with van der Waals surface area (Å²) in [5, 5.41) is 13.1. The molecule has 29 heavy (non-hydrogen) atoms. The molecule has 154 valence electrons. The van der Waals surface area contributed by atoms with Crippen LogP contribution in [0.25, 0.3) is 0 Å². The smallest absolute Gasteiger partial charge is 0.324 e. The first-order chi connectivity index (χ1) is 14.0. The lowest BCUT2D eigenvalue weighted by Crippen LogP contribution is -2.34. The van der Waals surface area contributed by atoms with E-state index in [9.17, 15) is 0 Å². The number of nitrogens with zero attached hydrogens (tertiary/aromatic N) is 6. The molecule has 3 heterocycles. The number of aryl methyl sites for hydroxylation is 1. The van der Waals surface area contributed by atoms with Crippen molar-refractivity contribution in [2.75, 3.05) is 24.6 Å². The van der Waals surface area contributed by atoms with E-state index in [1.165, 1.54) is 19.3 Å². The van der Waals surface area contributed by atoms with Crippen molar-refractivity contribution in [1.82, 2.24) is 20.1 Å². The lowest BCUT2D eigenvalue weighted by atomic mass is 9.90. The summed E-state index contributed by atoms with van der Waals surface area (Å²) in [4.78, 5) is 15.0. The van der Waals surface area contributed by atoms with E-state index >= 15 is 0 Å². The summed E-state index contributed by atoms with van der Waals surface area (Å²) in [6, 6.07) is 4.32. The monoisotopic (exact) mass is 396 g/mol. The summed E-state index contributed by atoms with van der Waals surface area (Å²) in [5.74, 6) is 4.45. The van der Waals surface area contributed by atoms with Gasteiger partial charge in [-0.2, -0.15) is 15.2 Å². The van der Waals surface area contributed by atoms with E-state index in [2.05, 4.69) is 38.9 Å². The Kier molecular flexibility index (Phi) is 5.65. The van der Waals surface area contributed by atoms with Gasteiger partial charge in [0.05, 0.1) is 6.61 Å². The normalized spacial score (nSPS) is 22.0. The Labute approximate surface area is 171 Å². The first-order valence-corrected chi connectivity index (χ1v) is 10.5. The molecule has 0 aromatic carbocycles. The predicted molar refractivity (Wildman–Crippen MR) is 107 cm³/mol. The van der Waals surface area contributed by atoms with Gasteiger partial charge in [0.2, 0.25) is 5.88 Å². The Morgan fingerprint density at radius 1 is 1.28 bits per heavy atom. The highest BCUT2D eigenvalue weighted by atomic mass is 16.5. The molecule has 2 aliphatic rings. The maximum atomic E-state index is 8.99. The van der Waals surface area contributed by atoms with Gasteiger partial charge in [-0.05, 0) is 50.4 Å². The summed E-state index contributed by atoms with van der Waals surface area (Å²) >= 11 is 0. The average molecular weight is 396 g/mol. The van der Waals surface area contributed by atoms with Crippen molar-refractivity contribution >= 4 is 6.01 Å². The van der Waals surface area contributed by atoms with E-state index < -0.39 is 0 Å². The van der Waals surface area contributed by atoms with Gasteiger partial charge < -0.3 is 14.2 Å². The van der Waals surface area contributed by atoms with Crippen LogP contribution in [-0.2, 0) is 0 Å². The molecule has 2 aromatic rings. The molecule has 2 atom stereocenters. The van der Waals surface area contributed by atoms with Crippen LogP contribution in [0.5, 0.6) is 5.88 Å². The van der Waals surface area contributed by atoms with Crippen LogP contribution in [0.4, 0.5) is 6.01 Å². The second kappa shape index (κ2) is 8.36. The number of anilines is 1. The number of nitriles is 1. The molecule has 1 aliphatic carbocycles. The molecule has 0 radical (unpaired) electrons. The quantitative estimate of drug-likeness (QED) is 0.701. The van der Waals surface area contributed by atoms with Crippen molar-refractivity contribution in [3.63, 3.8) is 0 Å². The number of ether oxygens (including phenoxy) is 1. The Morgan fingerprint density at radius 3 is 2.76 bits per heavy atom. The van der Waals surface area contributed by atoms with E-state index in [1.54, 1.807) is 13.0 Å². The van der Waals surface area contributed by atoms with Crippen LogP contribution in [0.1, 0.15) is 62.8 Å². The van der Waals surface area contributed by atoms with Gasteiger partial charge in [-0.25, -0.2) is 4.98 Å². The fourth-order valence-corrected chi connectivity index (χ4v) is 4.27. The van der Waals surface area contributed by atoms with Crippen LogP contribution in [0.2, 0.25) is 0 Å². The Morgan fingerprint density at radius 2 is 2.07 bits per heavy atom. The van der Waals surface area contributed by atoms with Crippen LogP contribution in [0, 0.1) is 36.0 Å². The van der Waals surface area contributed by atoms with Crippen molar-refractivity contribution in [2.45, 2.75) is 52.4 Å². The minimum Gasteiger partial charge on any atom is -0.478 e. The molecule has 0 N–H and O–H groups in total. The van der Waals surface area contributed by atoms with Gasteiger partial charge in [0.25, 0.3) is 0 Å². The minimum atomic E-state index is 0.289. The molecule has 2 aromatic heterocycles. The lowest BCUT2D eigenvalue weighted by Gasteiger charge is -2.30. The van der Waals surface area contributed by atoms with Gasteiger partial charge >= 0.3 is 6.01 Å². The fourth-order valence-electron chi connectivity index (χ4n) is 4.27. The molecule has 0 amide bonds. The van der Waals surface area contributed by atoms with Gasteiger partial charge in [0, 0.05) is 25.1 Å². The first kappa shape index (κ1) is 19.6. The highest BCUT2D eigenvalue weighted by Gasteiger charge is 2.43. The zero-order valence-corrected chi connectivity index (χ0v) is 17.3. The number of piperidine rings is 1. The molecule has 1 aliphatic heterocycles. The summed E-state index contributed by atoms with van der Waals surface area (Å²) in [5.41, 5.74) is 0.352. The number of hydrogen-bond donors (Lipinski definition) is 0. The van der Waals surface area contributed by atoms with Gasteiger partial charge in [0.15, 0.2) is 5.82 Å². The predicted octanol–water partition coefficient (Wildman–Crippen LogP) is 3.48. The van der Waals surface area contributed by atoms with E-state index in [-0.39, 0.29) is 5.92 Å². The van der Waals surface area contributed by atoms with Crippen LogP contribution in [-0.4, -0.2) is 39.8 Å². The van der Waals surface area contributed by atoms with Gasteiger partial charge in [-0.1, -0.05) is 19.0 Å². The zero-order valence-electron chi connectivity index (χ0n) is 17.3. The third-order valence-electron chi connectivity index (χ3n) is 6.01. The van der Waals surface area contributed by atoms with Crippen LogP contribution >= 0.6 is 0 Å². The van der Waals surface area contributed by atoms with Gasteiger partial charge in [-0.3, -0.25) is 0 Å². The Balaban J connectivity index is 1.20. The van der Waals surface area contributed by atoms with E-state index in [0.29, 0.717) is 30.0 Å². The van der Waals surface area contributed by atoms with E-state index in [1.807, 2.05) is 6.07 Å². The number of rotatable bonds is 7. The molecule has 1 saturated heterocycles. The highest BCUT2D eigenvalue weighted by Crippen LogP contribution is 2.49. The second-order valence-electron chi connectivity index (χ2n) is 8.46. The molecular weight excluding hydrogens is 368 g/mol. The minimum absolute atomic E-state index is 0.289. The van der Waals surface area contributed by atoms with Crippen molar-refractivity contribution in [3.8, 4) is 11.9 Å². The Bertz CT molecular complexity index is 882. The highest BCUT2D eigenvalue weighted by molar-refractivity contribution is 5.27. The van der Waals surface area contributed by atoms with Crippen molar-refractivity contribution < 1.29 is 9.26 Å². The topological polar surface area (TPSA) is 101 Å². The van der Waals surface area contributed by atoms with Crippen molar-refractivity contribution in [2.24, 2.45) is 17.8 Å². The maximum absolute atomic E-state index is 8.99. The van der Waals surface area contributed by atoms with Crippen LogP contribution in [0.15, 0.2) is 10.6 Å². The summed E-state index contributed by atoms with van der Waals surface area (Å²) in [7, 11) is 0. The summed E-state index contributed by atoms with van der Waals surface area (Å²) in [6.07, 6.45) is 4.69. The molecule has 0 spiro atoms. The lowest BCUT2D eigenvalue weighted by molar-refractivity contribution is 0.273. The van der Waals surface area contributed by atoms with E-state index in [4.69, 9.17) is 14.5 Å². The molecule has 4 rings (SSSR count). The number of aromatic nitrogens is 4. The molecule has 8 nitrogen and oxygen atoms in total. The molecular formula is C21H28N6O2.